The van der Waals surface area contributed by atoms with Gasteiger partial charge in [0.15, 0.2) is 0 Å². The summed E-state index contributed by atoms with van der Waals surface area (Å²) in [6.07, 6.45) is 5.85. The van der Waals surface area contributed by atoms with Gasteiger partial charge in [-0.25, -0.2) is 4.68 Å². The average molecular weight is 361 g/mol. The van der Waals surface area contributed by atoms with Gasteiger partial charge < -0.3 is 10.2 Å². The van der Waals surface area contributed by atoms with E-state index in [1.807, 2.05) is 24.6 Å². The lowest BCUT2D eigenvalue weighted by Crippen LogP contribution is -2.52. The zero-order valence-corrected chi connectivity index (χ0v) is 16.0. The number of amides is 2. The number of nitrogens with one attached hydrogen (secondary N) is 1. The van der Waals surface area contributed by atoms with E-state index in [0.717, 1.165) is 24.5 Å². The third kappa shape index (κ3) is 4.26. The Labute approximate surface area is 155 Å². The lowest BCUT2D eigenvalue weighted by Gasteiger charge is -2.33. The third-order valence-electron chi connectivity index (χ3n) is 5.33. The van der Waals surface area contributed by atoms with Crippen molar-refractivity contribution in [2.75, 3.05) is 31.1 Å². The van der Waals surface area contributed by atoms with Crippen molar-refractivity contribution in [1.82, 2.24) is 20.0 Å². The molecule has 1 unspecified atom stereocenters. The Morgan fingerprint density at radius 3 is 2.77 bits per heavy atom. The molecule has 0 aliphatic carbocycles. The molecule has 7 nitrogen and oxygen atoms in total. The highest BCUT2D eigenvalue weighted by molar-refractivity contribution is 6.00. The van der Waals surface area contributed by atoms with E-state index in [9.17, 15) is 9.59 Å². The van der Waals surface area contributed by atoms with Crippen molar-refractivity contribution in [3.63, 3.8) is 0 Å². The van der Waals surface area contributed by atoms with Crippen molar-refractivity contribution in [1.29, 1.82) is 0 Å². The Hall–Kier alpha value is -1.89. The van der Waals surface area contributed by atoms with Gasteiger partial charge >= 0.3 is 0 Å². The Kier molecular flexibility index (Phi) is 6.29. The first kappa shape index (κ1) is 18.9. The Balaban J connectivity index is 1.55. The van der Waals surface area contributed by atoms with E-state index in [2.05, 4.69) is 15.3 Å². The fourth-order valence-corrected chi connectivity index (χ4v) is 3.97. The topological polar surface area (TPSA) is 70.5 Å². The van der Waals surface area contributed by atoms with Crippen molar-refractivity contribution < 1.29 is 9.59 Å². The summed E-state index contributed by atoms with van der Waals surface area (Å²) in [4.78, 5) is 29.4. The minimum absolute atomic E-state index is 0.00715. The third-order valence-corrected chi connectivity index (χ3v) is 5.33. The highest BCUT2D eigenvalue weighted by Gasteiger charge is 2.34. The molecule has 1 aromatic heterocycles. The summed E-state index contributed by atoms with van der Waals surface area (Å²) >= 11 is 0. The second-order valence-electron chi connectivity index (χ2n) is 7.35. The molecular weight excluding hydrogens is 330 g/mol. The van der Waals surface area contributed by atoms with E-state index >= 15 is 0 Å². The van der Waals surface area contributed by atoms with E-state index in [0.29, 0.717) is 25.9 Å². The van der Waals surface area contributed by atoms with Crippen molar-refractivity contribution in [2.45, 2.75) is 65.0 Å². The zero-order valence-electron chi connectivity index (χ0n) is 16.0. The molecule has 1 aromatic rings. The number of rotatable bonds is 7. The molecule has 2 amide bonds. The second-order valence-corrected chi connectivity index (χ2v) is 7.35. The lowest BCUT2D eigenvalue weighted by atomic mass is 10.1. The smallest absolute Gasteiger partial charge is 0.243 e. The van der Waals surface area contributed by atoms with Crippen LogP contribution in [0.3, 0.4) is 0 Å². The fraction of sp³-hybridized carbons (Fsp3) is 0.737. The first-order valence-electron chi connectivity index (χ1n) is 9.96. The molecule has 0 bridgehead atoms. The summed E-state index contributed by atoms with van der Waals surface area (Å²) in [6.45, 7) is 8.50. The van der Waals surface area contributed by atoms with E-state index in [1.54, 1.807) is 4.90 Å². The molecular formula is C19H31N5O2. The van der Waals surface area contributed by atoms with E-state index in [1.165, 1.54) is 32.4 Å². The monoisotopic (exact) mass is 361 g/mol. The summed E-state index contributed by atoms with van der Waals surface area (Å²) in [7, 11) is 0. The molecule has 2 aliphatic rings. The van der Waals surface area contributed by atoms with Gasteiger partial charge in [-0.1, -0.05) is 13.3 Å². The molecule has 1 N–H and O–H groups in total. The number of hydrogen-bond acceptors (Lipinski definition) is 4. The molecule has 0 radical (unpaired) electrons. The largest absolute Gasteiger partial charge is 0.354 e. The van der Waals surface area contributed by atoms with Crippen LogP contribution in [0.4, 0.5) is 5.82 Å². The minimum atomic E-state index is -0.465. The Morgan fingerprint density at radius 1 is 1.27 bits per heavy atom. The quantitative estimate of drug-likeness (QED) is 0.751. The molecule has 26 heavy (non-hydrogen) atoms. The first-order chi connectivity index (χ1) is 12.6. The van der Waals surface area contributed by atoms with Crippen LogP contribution in [0.1, 0.15) is 51.1 Å². The van der Waals surface area contributed by atoms with Crippen LogP contribution in [0.15, 0.2) is 6.07 Å². The van der Waals surface area contributed by atoms with Crippen LogP contribution < -0.4 is 10.2 Å². The maximum absolute atomic E-state index is 12.7. The number of carbonyl (C=O) groups is 2. The predicted molar refractivity (Wildman–Crippen MR) is 101 cm³/mol. The molecule has 7 heteroatoms. The average Bonchev–Trinajstić information content (AvgIpc) is 3.02. The molecule has 0 spiro atoms. The predicted octanol–water partition coefficient (Wildman–Crippen LogP) is 1.70. The Bertz CT molecular complexity index is 636. The van der Waals surface area contributed by atoms with Gasteiger partial charge in [0.05, 0.1) is 12.2 Å². The van der Waals surface area contributed by atoms with Crippen LogP contribution in [0, 0.1) is 6.92 Å². The SMILES string of the molecule is CCC(C(=O)NCCCN1CCCCC1)N1C(=O)CCn2nc(C)cc21. The summed E-state index contributed by atoms with van der Waals surface area (Å²) in [5, 5.41) is 7.46. The highest BCUT2D eigenvalue weighted by Crippen LogP contribution is 2.26. The van der Waals surface area contributed by atoms with E-state index < -0.39 is 6.04 Å². The van der Waals surface area contributed by atoms with Crippen LogP contribution in [0.2, 0.25) is 0 Å². The zero-order chi connectivity index (χ0) is 18.5. The van der Waals surface area contributed by atoms with Crippen molar-refractivity contribution >= 4 is 17.6 Å². The molecule has 1 fully saturated rings. The van der Waals surface area contributed by atoms with Crippen molar-refractivity contribution in [3.8, 4) is 0 Å². The van der Waals surface area contributed by atoms with Gasteiger partial charge in [0.1, 0.15) is 11.9 Å². The molecule has 0 aromatic carbocycles. The van der Waals surface area contributed by atoms with Gasteiger partial charge in [-0.15, -0.1) is 0 Å². The molecule has 3 rings (SSSR count). The van der Waals surface area contributed by atoms with Crippen LogP contribution in [-0.2, 0) is 16.1 Å². The summed E-state index contributed by atoms with van der Waals surface area (Å²) in [5.41, 5.74) is 0.872. The van der Waals surface area contributed by atoms with Gasteiger partial charge in [0.2, 0.25) is 11.8 Å². The molecule has 3 heterocycles. The van der Waals surface area contributed by atoms with Gasteiger partial charge in [-0.3, -0.25) is 14.5 Å². The van der Waals surface area contributed by atoms with Crippen LogP contribution in [-0.4, -0.2) is 58.7 Å². The number of hydrogen-bond donors (Lipinski definition) is 1. The molecule has 0 saturated carbocycles. The van der Waals surface area contributed by atoms with Crippen LogP contribution in [0.25, 0.3) is 0 Å². The minimum Gasteiger partial charge on any atom is -0.354 e. The van der Waals surface area contributed by atoms with E-state index in [4.69, 9.17) is 0 Å². The van der Waals surface area contributed by atoms with Crippen LogP contribution >= 0.6 is 0 Å². The van der Waals surface area contributed by atoms with Gasteiger partial charge in [0, 0.05) is 19.0 Å². The van der Waals surface area contributed by atoms with E-state index in [-0.39, 0.29) is 11.8 Å². The maximum Gasteiger partial charge on any atom is 0.243 e. The second kappa shape index (κ2) is 8.66. The number of piperidine rings is 1. The molecule has 144 valence electrons. The van der Waals surface area contributed by atoms with Gasteiger partial charge in [-0.2, -0.15) is 5.10 Å². The number of anilines is 1. The normalized spacial score (nSPS) is 19.3. The number of nitrogens with zero attached hydrogens (tertiary/aromatic N) is 4. The molecule has 1 saturated heterocycles. The highest BCUT2D eigenvalue weighted by atomic mass is 16.2. The number of aryl methyl sites for hydroxylation is 2. The molecule has 2 aliphatic heterocycles. The standard InChI is InChI=1S/C19H31N5O2/c1-3-16(19(26)20-9-7-12-22-10-5-4-6-11-22)24-17-14-15(2)21-23(17)13-8-18(24)25/h14,16H,3-13H2,1-2H3,(H,20,26). The first-order valence-corrected chi connectivity index (χ1v) is 9.96. The number of carbonyl (C=O) groups excluding carboxylic acids is 2. The Morgan fingerprint density at radius 2 is 2.04 bits per heavy atom. The van der Waals surface area contributed by atoms with Gasteiger partial charge in [0.25, 0.3) is 0 Å². The lowest BCUT2D eigenvalue weighted by molar-refractivity contribution is -0.127. The number of fused-ring (bicyclic) bond motifs is 1. The van der Waals surface area contributed by atoms with Crippen molar-refractivity contribution in [2.24, 2.45) is 0 Å². The summed E-state index contributed by atoms with van der Waals surface area (Å²) < 4.78 is 1.84. The number of likely N-dealkylation sites (tertiary alicyclic amines) is 1. The summed E-state index contributed by atoms with van der Waals surface area (Å²) in [5.74, 6) is 0.689. The fourth-order valence-electron chi connectivity index (χ4n) is 3.97. The van der Waals surface area contributed by atoms with Crippen molar-refractivity contribution in [3.05, 3.63) is 11.8 Å². The maximum atomic E-state index is 12.7. The summed E-state index contributed by atoms with van der Waals surface area (Å²) in [6, 6.07) is 1.43. The van der Waals surface area contributed by atoms with Crippen LogP contribution in [0.5, 0.6) is 0 Å². The van der Waals surface area contributed by atoms with Gasteiger partial charge in [-0.05, 0) is 52.2 Å². The molecule has 1 atom stereocenters. The number of aromatic nitrogens is 2.